The number of thiophene rings is 2. The Morgan fingerprint density at radius 1 is 0.737 bits per heavy atom. The van der Waals surface area contributed by atoms with Crippen LogP contribution in [0.25, 0.3) is 42.7 Å². The summed E-state index contributed by atoms with van der Waals surface area (Å²) >= 11 is 3.22. The molecule has 4 aromatic heterocycles. The maximum absolute atomic E-state index is 11.5. The Labute approximate surface area is 337 Å². The highest BCUT2D eigenvalue weighted by atomic mass is 32.1. The molecule has 57 heavy (non-hydrogen) atoms. The zero-order valence-corrected chi connectivity index (χ0v) is 33.0. The Morgan fingerprint density at radius 2 is 1.40 bits per heavy atom. The lowest BCUT2D eigenvalue weighted by Crippen LogP contribution is -2.36. The molecule has 0 saturated carbocycles. The predicted octanol–water partition coefficient (Wildman–Crippen LogP) is 9.58. The number of hydrogen-bond donors (Lipinski definition) is 1. The van der Waals surface area contributed by atoms with Crippen molar-refractivity contribution in [3.8, 4) is 33.8 Å². The standard InChI is InChI=1S/C44H39N7O4S2/c1-54-37-17-16-29(22-38(37)55-2)20-33(41-39-35(31-11-5-3-6-12-31)25-56-43(39)48-27-46-41)24-50(19-18-45-23-30-10-9-15-34(21-30)51(52)53)42-40-36(32-13-7-4-8-14-32)26-57-44(40)49-28-47-42/h3-17,21-22,25-28,33,45H,18-20,23-24H2,1-2H3. The van der Waals surface area contributed by atoms with Gasteiger partial charge in [-0.2, -0.15) is 0 Å². The van der Waals surface area contributed by atoms with Crippen LogP contribution < -0.4 is 19.7 Å². The first-order valence-electron chi connectivity index (χ1n) is 18.5. The summed E-state index contributed by atoms with van der Waals surface area (Å²) in [5.41, 5.74) is 7.30. The van der Waals surface area contributed by atoms with Crippen LogP contribution in [0.4, 0.5) is 11.5 Å². The molecule has 0 fully saturated rings. The van der Waals surface area contributed by atoms with Crippen LogP contribution in [0.1, 0.15) is 22.7 Å². The smallest absolute Gasteiger partial charge is 0.269 e. The number of ether oxygens (including phenoxy) is 2. The molecule has 1 N–H and O–H groups in total. The van der Waals surface area contributed by atoms with Gasteiger partial charge in [-0.15, -0.1) is 22.7 Å². The van der Waals surface area contributed by atoms with Crippen LogP contribution in [-0.4, -0.2) is 58.7 Å². The number of anilines is 1. The first-order valence-corrected chi connectivity index (χ1v) is 20.2. The minimum atomic E-state index is -0.365. The molecule has 286 valence electrons. The topological polar surface area (TPSA) is 128 Å². The number of methoxy groups -OCH3 is 2. The van der Waals surface area contributed by atoms with E-state index in [2.05, 4.69) is 63.4 Å². The van der Waals surface area contributed by atoms with Gasteiger partial charge >= 0.3 is 0 Å². The second-order valence-electron chi connectivity index (χ2n) is 13.5. The molecule has 4 heterocycles. The highest BCUT2D eigenvalue weighted by Gasteiger charge is 2.27. The zero-order valence-electron chi connectivity index (χ0n) is 31.4. The SMILES string of the molecule is COc1ccc(CC(CN(CCNCc2cccc([N+](=O)[O-])c2)c2ncnc3scc(-c4ccccc4)c23)c2ncnc3scc(-c4ccccc4)c23)cc1OC. The maximum Gasteiger partial charge on any atom is 0.269 e. The van der Waals surface area contributed by atoms with Crippen molar-refractivity contribution in [3.63, 3.8) is 0 Å². The first-order chi connectivity index (χ1) is 28.0. The monoisotopic (exact) mass is 793 g/mol. The van der Waals surface area contributed by atoms with Crippen molar-refractivity contribution >= 4 is 54.6 Å². The summed E-state index contributed by atoms with van der Waals surface area (Å²) in [6, 6.07) is 33.5. The predicted molar refractivity (Wildman–Crippen MR) is 229 cm³/mol. The summed E-state index contributed by atoms with van der Waals surface area (Å²) in [4.78, 5) is 34.8. The lowest BCUT2D eigenvalue weighted by molar-refractivity contribution is -0.384. The van der Waals surface area contributed by atoms with Gasteiger partial charge in [0, 0.05) is 71.5 Å². The molecule has 11 nitrogen and oxygen atoms in total. The number of hydrogen-bond acceptors (Lipinski definition) is 12. The van der Waals surface area contributed by atoms with Crippen LogP contribution in [0.3, 0.4) is 0 Å². The summed E-state index contributed by atoms with van der Waals surface area (Å²) in [6.45, 7) is 2.19. The minimum absolute atomic E-state index is 0.0719. The van der Waals surface area contributed by atoms with E-state index in [0.29, 0.717) is 44.1 Å². The summed E-state index contributed by atoms with van der Waals surface area (Å²) in [5, 5.41) is 21.4. The number of nitro groups is 1. The van der Waals surface area contributed by atoms with Crippen molar-refractivity contribution in [1.29, 1.82) is 0 Å². The van der Waals surface area contributed by atoms with Gasteiger partial charge < -0.3 is 19.7 Å². The van der Waals surface area contributed by atoms with Gasteiger partial charge in [-0.3, -0.25) is 10.1 Å². The molecular weight excluding hydrogens is 755 g/mol. The molecule has 0 amide bonds. The number of non-ortho nitro benzene ring substituents is 1. The summed E-state index contributed by atoms with van der Waals surface area (Å²) in [6.07, 6.45) is 3.95. The van der Waals surface area contributed by atoms with Gasteiger partial charge in [0.25, 0.3) is 5.69 Å². The molecule has 0 bridgehead atoms. The highest BCUT2D eigenvalue weighted by molar-refractivity contribution is 7.17. The lowest BCUT2D eigenvalue weighted by Gasteiger charge is -2.30. The van der Waals surface area contributed by atoms with Gasteiger partial charge in [0.05, 0.1) is 30.2 Å². The fourth-order valence-electron chi connectivity index (χ4n) is 7.28. The van der Waals surface area contributed by atoms with Crippen LogP contribution in [0.2, 0.25) is 0 Å². The molecule has 0 radical (unpaired) electrons. The van der Waals surface area contributed by atoms with Crippen LogP contribution in [0.5, 0.6) is 11.5 Å². The number of nitrogens with zero attached hydrogens (tertiary/aromatic N) is 6. The first kappa shape index (κ1) is 37.6. The Bertz CT molecular complexity index is 2640. The Morgan fingerprint density at radius 3 is 2.09 bits per heavy atom. The highest BCUT2D eigenvalue weighted by Crippen LogP contribution is 2.41. The van der Waals surface area contributed by atoms with Gasteiger partial charge in [-0.1, -0.05) is 78.9 Å². The molecule has 0 spiro atoms. The third-order valence-corrected chi connectivity index (χ3v) is 11.8. The number of nitrogens with one attached hydrogen (secondary N) is 1. The molecule has 4 aromatic carbocycles. The van der Waals surface area contributed by atoms with Crippen molar-refractivity contribution in [2.45, 2.75) is 18.9 Å². The van der Waals surface area contributed by atoms with E-state index in [4.69, 9.17) is 29.4 Å². The van der Waals surface area contributed by atoms with E-state index < -0.39 is 0 Å². The summed E-state index contributed by atoms with van der Waals surface area (Å²) in [7, 11) is 3.29. The van der Waals surface area contributed by atoms with E-state index in [1.54, 1.807) is 61.7 Å². The van der Waals surface area contributed by atoms with Crippen LogP contribution in [0.15, 0.2) is 127 Å². The van der Waals surface area contributed by atoms with Gasteiger partial charge in [-0.25, -0.2) is 19.9 Å². The molecule has 0 aliphatic carbocycles. The van der Waals surface area contributed by atoms with Crippen LogP contribution >= 0.6 is 22.7 Å². The van der Waals surface area contributed by atoms with E-state index in [0.717, 1.165) is 65.3 Å². The van der Waals surface area contributed by atoms with Crippen LogP contribution in [-0.2, 0) is 13.0 Å². The van der Waals surface area contributed by atoms with Crippen molar-refractivity contribution in [2.24, 2.45) is 0 Å². The number of benzene rings is 4. The maximum atomic E-state index is 11.5. The molecule has 1 atom stereocenters. The fraction of sp³-hybridized carbons (Fsp3) is 0.182. The van der Waals surface area contributed by atoms with Crippen molar-refractivity contribution in [3.05, 3.63) is 153 Å². The van der Waals surface area contributed by atoms with Crippen LogP contribution in [0, 0.1) is 10.1 Å². The van der Waals surface area contributed by atoms with Gasteiger partial charge in [-0.05, 0) is 40.8 Å². The number of fused-ring (bicyclic) bond motifs is 2. The van der Waals surface area contributed by atoms with E-state index in [9.17, 15) is 10.1 Å². The van der Waals surface area contributed by atoms with E-state index in [-0.39, 0.29) is 16.5 Å². The quantitative estimate of drug-likeness (QED) is 0.0574. The summed E-state index contributed by atoms with van der Waals surface area (Å²) in [5.74, 6) is 2.02. The van der Waals surface area contributed by atoms with Gasteiger partial charge in [0.1, 0.15) is 28.1 Å². The van der Waals surface area contributed by atoms with E-state index in [1.807, 2.05) is 42.5 Å². The molecule has 0 aliphatic rings. The fourth-order valence-corrected chi connectivity index (χ4v) is 9.12. The Kier molecular flexibility index (Phi) is 11.4. The van der Waals surface area contributed by atoms with Crippen molar-refractivity contribution in [2.75, 3.05) is 38.8 Å². The molecular formula is C44H39N7O4S2. The molecule has 0 saturated heterocycles. The lowest BCUT2D eigenvalue weighted by atomic mass is 9.91. The number of rotatable bonds is 16. The largest absolute Gasteiger partial charge is 0.493 e. The Balaban J connectivity index is 1.23. The molecule has 8 rings (SSSR count). The number of nitro benzene ring substituents is 1. The summed E-state index contributed by atoms with van der Waals surface area (Å²) < 4.78 is 11.3. The second-order valence-corrected chi connectivity index (χ2v) is 15.2. The van der Waals surface area contributed by atoms with E-state index in [1.165, 1.54) is 6.07 Å². The normalized spacial score (nSPS) is 11.8. The minimum Gasteiger partial charge on any atom is -0.493 e. The second kappa shape index (κ2) is 17.2. The molecule has 8 aromatic rings. The molecule has 0 aliphatic heterocycles. The Hall–Kier alpha value is -6.28. The zero-order chi connectivity index (χ0) is 39.1. The average Bonchev–Trinajstić information content (AvgIpc) is 3.90. The van der Waals surface area contributed by atoms with Crippen molar-refractivity contribution < 1.29 is 14.4 Å². The molecule has 1 unspecified atom stereocenters. The van der Waals surface area contributed by atoms with Gasteiger partial charge in [0.15, 0.2) is 11.5 Å². The molecule has 13 heteroatoms. The van der Waals surface area contributed by atoms with Gasteiger partial charge in [0.2, 0.25) is 0 Å². The number of aromatic nitrogens is 4. The third kappa shape index (κ3) is 8.17. The van der Waals surface area contributed by atoms with Crippen molar-refractivity contribution in [1.82, 2.24) is 25.3 Å². The van der Waals surface area contributed by atoms with E-state index >= 15 is 0 Å². The third-order valence-electron chi connectivity index (χ3n) is 9.99. The average molecular weight is 794 g/mol.